The van der Waals surface area contributed by atoms with Gasteiger partial charge in [0, 0.05) is 15.5 Å². The third-order valence-electron chi connectivity index (χ3n) is 3.40. The number of methoxy groups -OCH3 is 1. The molecule has 0 radical (unpaired) electrons. The van der Waals surface area contributed by atoms with Gasteiger partial charge >= 0.3 is 0 Å². The van der Waals surface area contributed by atoms with Crippen LogP contribution in [0.2, 0.25) is 5.02 Å². The molecule has 0 aliphatic rings. The van der Waals surface area contributed by atoms with Crippen LogP contribution in [0.1, 0.15) is 24.1 Å². The summed E-state index contributed by atoms with van der Waals surface area (Å²) in [6.45, 7) is 3.01. The molecule has 2 aromatic carbocycles. The summed E-state index contributed by atoms with van der Waals surface area (Å²) in [4.78, 5) is 0. The molecule has 0 aliphatic heterocycles. The number of benzene rings is 2. The van der Waals surface area contributed by atoms with Crippen LogP contribution in [0.15, 0.2) is 46.9 Å². The maximum atomic E-state index is 6.13. The monoisotopic (exact) mass is 367 g/mol. The van der Waals surface area contributed by atoms with Crippen LogP contribution in [0.25, 0.3) is 0 Å². The second-order valence-corrected chi connectivity index (χ2v) is 6.08. The number of nitrogens with one attached hydrogen (secondary N) is 1. The number of ether oxygens (including phenoxy) is 1. The summed E-state index contributed by atoms with van der Waals surface area (Å²) in [6, 6.07) is 14.2. The quantitative estimate of drug-likeness (QED) is 0.774. The normalized spacial score (nSPS) is 12.2. The molecule has 0 bridgehead atoms. The summed E-state index contributed by atoms with van der Waals surface area (Å²) in [5.41, 5.74) is 2.34. The Hall–Kier alpha value is -1.03. The lowest BCUT2D eigenvalue weighted by molar-refractivity contribution is 0.405. The van der Waals surface area contributed by atoms with Crippen molar-refractivity contribution in [3.8, 4) is 5.75 Å². The van der Waals surface area contributed by atoms with Crippen LogP contribution >= 0.6 is 27.5 Å². The fraction of sp³-hybridized carbons (Fsp3) is 0.294. The van der Waals surface area contributed by atoms with Gasteiger partial charge in [0.15, 0.2) is 0 Å². The maximum Gasteiger partial charge on any atom is 0.122 e. The lowest BCUT2D eigenvalue weighted by Crippen LogP contribution is -2.23. The van der Waals surface area contributed by atoms with Crippen LogP contribution < -0.4 is 10.1 Å². The number of hydrogen-bond donors (Lipinski definition) is 1. The molecule has 0 saturated carbocycles. The van der Waals surface area contributed by atoms with E-state index in [1.54, 1.807) is 7.11 Å². The first-order valence-electron chi connectivity index (χ1n) is 6.96. The second-order valence-electron chi connectivity index (χ2n) is 4.79. The Morgan fingerprint density at radius 1 is 1.24 bits per heavy atom. The molecule has 0 fully saturated rings. The summed E-state index contributed by atoms with van der Waals surface area (Å²) in [5.74, 6) is 0.870. The van der Waals surface area contributed by atoms with Crippen LogP contribution in [-0.2, 0) is 6.42 Å². The van der Waals surface area contributed by atoms with Crippen molar-refractivity contribution in [3.05, 3.63) is 63.1 Å². The Morgan fingerprint density at radius 2 is 2.00 bits per heavy atom. The van der Waals surface area contributed by atoms with Crippen molar-refractivity contribution in [3.63, 3.8) is 0 Å². The van der Waals surface area contributed by atoms with E-state index in [4.69, 9.17) is 16.3 Å². The summed E-state index contributed by atoms with van der Waals surface area (Å²) in [6.07, 6.45) is 0.820. The first-order valence-corrected chi connectivity index (χ1v) is 8.13. The molecule has 2 rings (SSSR count). The highest BCUT2D eigenvalue weighted by atomic mass is 79.9. The lowest BCUT2D eigenvalue weighted by Gasteiger charge is -2.21. The molecule has 0 amide bonds. The SMILES string of the molecule is CCNC(Cc1cc(Cl)ccc1OC)c1ccccc1Br. The van der Waals surface area contributed by atoms with Crippen LogP contribution in [0.3, 0.4) is 0 Å². The fourth-order valence-corrected chi connectivity index (χ4v) is 3.18. The summed E-state index contributed by atoms with van der Waals surface area (Å²) in [5, 5.41) is 4.26. The van der Waals surface area contributed by atoms with Crippen LogP contribution in [-0.4, -0.2) is 13.7 Å². The highest BCUT2D eigenvalue weighted by Crippen LogP contribution is 2.30. The molecule has 0 heterocycles. The fourth-order valence-electron chi connectivity index (χ4n) is 2.42. The third-order valence-corrected chi connectivity index (χ3v) is 4.35. The first kappa shape index (κ1) is 16.3. The minimum absolute atomic E-state index is 0.206. The molecule has 0 saturated heterocycles. The lowest BCUT2D eigenvalue weighted by atomic mass is 9.98. The maximum absolute atomic E-state index is 6.13. The molecule has 0 aromatic heterocycles. The molecule has 4 heteroatoms. The standard InChI is InChI=1S/C17H19BrClNO/c1-3-20-16(14-6-4-5-7-15(14)18)11-12-10-13(19)8-9-17(12)21-2/h4-10,16,20H,3,11H2,1-2H3. The third kappa shape index (κ3) is 4.22. The predicted molar refractivity (Wildman–Crippen MR) is 92.3 cm³/mol. The van der Waals surface area contributed by atoms with E-state index in [1.165, 1.54) is 5.56 Å². The van der Waals surface area contributed by atoms with E-state index in [0.29, 0.717) is 0 Å². The predicted octanol–water partition coefficient (Wildman–Crippen LogP) is 5.00. The van der Waals surface area contributed by atoms with Gasteiger partial charge in [0.2, 0.25) is 0 Å². The van der Waals surface area contributed by atoms with Gasteiger partial charge in [-0.2, -0.15) is 0 Å². The smallest absolute Gasteiger partial charge is 0.122 e. The van der Waals surface area contributed by atoms with Crippen LogP contribution in [0, 0.1) is 0 Å². The zero-order chi connectivity index (χ0) is 15.2. The zero-order valence-electron chi connectivity index (χ0n) is 12.2. The van der Waals surface area contributed by atoms with Gasteiger partial charge in [-0.05, 0) is 48.4 Å². The van der Waals surface area contributed by atoms with Gasteiger partial charge in [0.1, 0.15) is 5.75 Å². The van der Waals surface area contributed by atoms with Gasteiger partial charge in [-0.25, -0.2) is 0 Å². The molecule has 1 unspecified atom stereocenters. The van der Waals surface area contributed by atoms with E-state index in [-0.39, 0.29) is 6.04 Å². The highest BCUT2D eigenvalue weighted by molar-refractivity contribution is 9.10. The Labute approximate surface area is 139 Å². The van der Waals surface area contributed by atoms with Crippen molar-refractivity contribution in [2.75, 3.05) is 13.7 Å². The van der Waals surface area contributed by atoms with E-state index in [9.17, 15) is 0 Å². The van der Waals surface area contributed by atoms with E-state index in [1.807, 2.05) is 24.3 Å². The number of likely N-dealkylation sites (N-methyl/N-ethyl adjacent to an activating group) is 1. The zero-order valence-corrected chi connectivity index (χ0v) is 14.5. The largest absolute Gasteiger partial charge is 0.496 e. The molecule has 2 aromatic rings. The van der Waals surface area contributed by atoms with Crippen molar-refractivity contribution >= 4 is 27.5 Å². The highest BCUT2D eigenvalue weighted by Gasteiger charge is 2.16. The van der Waals surface area contributed by atoms with Gasteiger partial charge in [0.25, 0.3) is 0 Å². The number of halogens is 2. The van der Waals surface area contributed by atoms with Crippen molar-refractivity contribution < 1.29 is 4.74 Å². The Bertz CT molecular complexity index is 603. The molecular weight excluding hydrogens is 350 g/mol. The Balaban J connectivity index is 2.33. The number of rotatable bonds is 6. The number of hydrogen-bond acceptors (Lipinski definition) is 2. The second kappa shape index (κ2) is 7.83. The molecule has 0 spiro atoms. The summed E-state index contributed by atoms with van der Waals surface area (Å²) < 4.78 is 6.56. The van der Waals surface area contributed by atoms with Crippen LogP contribution in [0.5, 0.6) is 5.75 Å². The molecule has 112 valence electrons. The van der Waals surface area contributed by atoms with Crippen molar-refractivity contribution in [2.45, 2.75) is 19.4 Å². The summed E-state index contributed by atoms with van der Waals surface area (Å²) >= 11 is 9.76. The average molecular weight is 369 g/mol. The van der Waals surface area contributed by atoms with Crippen LogP contribution in [0.4, 0.5) is 0 Å². The molecule has 1 N–H and O–H groups in total. The molecular formula is C17H19BrClNO. The molecule has 0 aliphatic carbocycles. The van der Waals surface area contributed by atoms with Crippen molar-refractivity contribution in [2.24, 2.45) is 0 Å². The van der Waals surface area contributed by atoms with E-state index >= 15 is 0 Å². The molecule has 21 heavy (non-hydrogen) atoms. The summed E-state index contributed by atoms with van der Waals surface area (Å²) in [7, 11) is 1.69. The minimum atomic E-state index is 0.206. The van der Waals surface area contributed by atoms with Gasteiger partial charge in [-0.15, -0.1) is 0 Å². The van der Waals surface area contributed by atoms with E-state index in [0.717, 1.165) is 33.8 Å². The van der Waals surface area contributed by atoms with Gasteiger partial charge in [-0.3, -0.25) is 0 Å². The van der Waals surface area contributed by atoms with Gasteiger partial charge in [0.05, 0.1) is 7.11 Å². The van der Waals surface area contributed by atoms with E-state index in [2.05, 4.69) is 46.4 Å². The van der Waals surface area contributed by atoms with Crippen molar-refractivity contribution in [1.29, 1.82) is 0 Å². The van der Waals surface area contributed by atoms with E-state index < -0.39 is 0 Å². The topological polar surface area (TPSA) is 21.3 Å². The minimum Gasteiger partial charge on any atom is -0.496 e. The Kier molecular flexibility index (Phi) is 6.09. The Morgan fingerprint density at radius 3 is 2.67 bits per heavy atom. The van der Waals surface area contributed by atoms with Crippen molar-refractivity contribution in [1.82, 2.24) is 5.32 Å². The van der Waals surface area contributed by atoms with Gasteiger partial charge < -0.3 is 10.1 Å². The first-order chi connectivity index (χ1) is 10.2. The average Bonchev–Trinajstić information content (AvgIpc) is 2.48. The molecule has 2 nitrogen and oxygen atoms in total. The van der Waals surface area contributed by atoms with Gasteiger partial charge in [-0.1, -0.05) is 52.7 Å². The molecule has 1 atom stereocenters.